The molecule has 0 radical (unpaired) electrons. The fourth-order valence-electron chi connectivity index (χ4n) is 4.02. The number of nitrogens with one attached hydrogen (secondary N) is 1. The van der Waals surface area contributed by atoms with E-state index in [1.54, 1.807) is 6.07 Å². The molecule has 0 unspecified atom stereocenters. The lowest BCUT2D eigenvalue weighted by Gasteiger charge is -2.32. The number of aromatic nitrogens is 1. The third-order valence-electron chi connectivity index (χ3n) is 5.80. The molecular weight excluding hydrogens is 390 g/mol. The summed E-state index contributed by atoms with van der Waals surface area (Å²) < 4.78 is 29.2. The van der Waals surface area contributed by atoms with Gasteiger partial charge in [0.2, 0.25) is 0 Å². The topological polar surface area (TPSA) is 71.5 Å². The molecule has 2 aliphatic rings. The van der Waals surface area contributed by atoms with Gasteiger partial charge in [-0.2, -0.15) is 8.78 Å². The van der Waals surface area contributed by atoms with Gasteiger partial charge in [-0.3, -0.25) is 9.78 Å². The number of amides is 1. The number of benzene rings is 1. The Labute approximate surface area is 167 Å². The first-order chi connectivity index (χ1) is 13.3. The highest BCUT2D eigenvalue weighted by atomic mass is 35.5. The van der Waals surface area contributed by atoms with E-state index in [4.69, 9.17) is 11.6 Å². The molecule has 1 aromatic carbocycles. The van der Waals surface area contributed by atoms with Crippen LogP contribution in [-0.4, -0.2) is 34.3 Å². The van der Waals surface area contributed by atoms with Gasteiger partial charge in [-0.15, -0.1) is 0 Å². The average molecular weight is 413 g/mol. The maximum Gasteiger partial charge on any atom is 0.387 e. The quantitative estimate of drug-likeness (QED) is 0.755. The van der Waals surface area contributed by atoms with Crippen LogP contribution in [0.2, 0.25) is 5.02 Å². The van der Waals surface area contributed by atoms with Crippen molar-refractivity contribution >= 4 is 28.4 Å². The summed E-state index contributed by atoms with van der Waals surface area (Å²) in [4.78, 5) is 16.8. The van der Waals surface area contributed by atoms with Crippen molar-refractivity contribution in [3.05, 3.63) is 35.0 Å². The monoisotopic (exact) mass is 412 g/mol. The first-order valence-corrected chi connectivity index (χ1v) is 9.79. The molecule has 0 atom stereocenters. The summed E-state index contributed by atoms with van der Waals surface area (Å²) in [6, 6.07) is 4.50. The third-order valence-corrected chi connectivity index (χ3v) is 6.09. The second-order valence-corrected chi connectivity index (χ2v) is 8.11. The minimum absolute atomic E-state index is 0. The summed E-state index contributed by atoms with van der Waals surface area (Å²) in [6.07, 6.45) is 6.73. The fraction of sp³-hybridized carbons (Fsp3) is 0.500. The molecule has 1 amide bonds. The fourth-order valence-corrected chi connectivity index (χ4v) is 4.24. The molecule has 28 heavy (non-hydrogen) atoms. The molecule has 152 valence electrons. The van der Waals surface area contributed by atoms with Crippen molar-refractivity contribution in [1.29, 1.82) is 0 Å². The van der Waals surface area contributed by atoms with Crippen LogP contribution in [0, 0.1) is 5.92 Å². The number of ether oxygens (including phenoxy) is 1. The van der Waals surface area contributed by atoms with Gasteiger partial charge in [0.1, 0.15) is 5.75 Å². The Hall–Kier alpha value is -1.99. The summed E-state index contributed by atoms with van der Waals surface area (Å²) in [7, 11) is 0. The van der Waals surface area contributed by atoms with E-state index in [0.717, 1.165) is 38.5 Å². The van der Waals surface area contributed by atoms with E-state index in [1.807, 2.05) is 0 Å². The molecule has 1 aromatic heterocycles. The zero-order valence-electron chi connectivity index (χ0n) is 15.1. The predicted octanol–water partition coefficient (Wildman–Crippen LogP) is 4.55. The number of hydrogen-bond donors (Lipinski definition) is 2. The molecule has 0 spiro atoms. The predicted molar refractivity (Wildman–Crippen MR) is 103 cm³/mol. The summed E-state index contributed by atoms with van der Waals surface area (Å²) in [5.74, 6) is -0.0373. The average Bonchev–Trinajstić information content (AvgIpc) is 3.41. The molecular formula is C20H23ClF2N2O3. The molecule has 2 fully saturated rings. The molecule has 1 heterocycles. The van der Waals surface area contributed by atoms with Crippen LogP contribution in [0.3, 0.4) is 0 Å². The van der Waals surface area contributed by atoms with Crippen LogP contribution in [0.25, 0.3) is 10.9 Å². The van der Waals surface area contributed by atoms with E-state index in [2.05, 4.69) is 15.0 Å². The lowest BCUT2D eigenvalue weighted by Crippen LogP contribution is -2.39. The molecule has 0 aliphatic heterocycles. The summed E-state index contributed by atoms with van der Waals surface area (Å²) in [5, 5.41) is 13.9. The lowest BCUT2D eigenvalue weighted by molar-refractivity contribution is -0.0497. The number of hydrogen-bond acceptors (Lipinski definition) is 4. The normalized spacial score (nSPS) is 23.6. The van der Waals surface area contributed by atoms with Crippen LogP contribution in [0.1, 0.15) is 50.3 Å². The largest absolute Gasteiger partial charge is 0.433 e. The smallest absolute Gasteiger partial charge is 0.387 e. The van der Waals surface area contributed by atoms with Gasteiger partial charge in [0, 0.05) is 25.1 Å². The molecule has 8 heteroatoms. The van der Waals surface area contributed by atoms with Gasteiger partial charge in [-0.1, -0.05) is 11.6 Å². The number of carbonyl (C=O) groups is 1. The third kappa shape index (κ3) is 4.05. The summed E-state index contributed by atoms with van der Waals surface area (Å²) in [6.45, 7) is -2.98. The lowest BCUT2D eigenvalue weighted by atomic mass is 9.81. The second kappa shape index (κ2) is 7.44. The van der Waals surface area contributed by atoms with E-state index in [-0.39, 0.29) is 24.1 Å². The molecule has 0 bridgehead atoms. The maximum absolute atomic E-state index is 12.6. The van der Waals surface area contributed by atoms with Crippen molar-refractivity contribution in [2.45, 2.75) is 56.8 Å². The van der Waals surface area contributed by atoms with Gasteiger partial charge >= 0.3 is 6.61 Å². The van der Waals surface area contributed by atoms with Crippen molar-refractivity contribution in [3.63, 3.8) is 0 Å². The van der Waals surface area contributed by atoms with Crippen LogP contribution in [0.15, 0.2) is 24.4 Å². The van der Waals surface area contributed by atoms with Crippen molar-refractivity contribution < 1.29 is 24.8 Å². The second-order valence-electron chi connectivity index (χ2n) is 7.70. The SMILES string of the molecule is O=C(NC1CCC(C2(O)CC2)CC1)c1cnc2cc(OC(F)F)c(Cl)cc2c1.[HH]. The number of nitrogens with zero attached hydrogens (tertiary/aromatic N) is 1. The van der Waals surface area contributed by atoms with Crippen LogP contribution < -0.4 is 10.1 Å². The van der Waals surface area contributed by atoms with Crippen molar-refractivity contribution in [2.75, 3.05) is 0 Å². The first kappa shape index (κ1) is 19.3. The Morgan fingerprint density at radius 3 is 2.64 bits per heavy atom. The Morgan fingerprint density at radius 2 is 2.00 bits per heavy atom. The van der Waals surface area contributed by atoms with Crippen LogP contribution in [0.5, 0.6) is 5.75 Å². The number of rotatable bonds is 5. The van der Waals surface area contributed by atoms with Crippen molar-refractivity contribution in [2.24, 2.45) is 5.92 Å². The van der Waals surface area contributed by atoms with E-state index in [0.29, 0.717) is 22.4 Å². The standard InChI is InChI=1S/C20H21ClF2N2O3.H2/c21-15-8-11-7-12(10-24-16(11)9-17(15)28-19(22)23)18(26)25-14-3-1-13(2-4-14)20(27)5-6-20;/h7-10,13-14,19,27H,1-6H2,(H,25,26);1H. The number of aliphatic hydroxyl groups is 1. The zero-order chi connectivity index (χ0) is 19.9. The molecule has 2 saturated carbocycles. The Bertz CT molecular complexity index is 903. The molecule has 2 N–H and O–H groups in total. The molecule has 5 nitrogen and oxygen atoms in total. The van der Waals surface area contributed by atoms with Gasteiger partial charge in [0.15, 0.2) is 0 Å². The highest BCUT2D eigenvalue weighted by Crippen LogP contribution is 2.48. The van der Waals surface area contributed by atoms with Crippen molar-refractivity contribution in [1.82, 2.24) is 10.3 Å². The Balaban J connectivity index is 0.00000240. The molecule has 4 rings (SSSR count). The van der Waals surface area contributed by atoms with E-state index < -0.39 is 12.2 Å². The van der Waals surface area contributed by atoms with Gasteiger partial charge in [0.25, 0.3) is 5.91 Å². The summed E-state index contributed by atoms with van der Waals surface area (Å²) >= 11 is 5.98. The maximum atomic E-state index is 12.6. The van der Waals surface area contributed by atoms with E-state index >= 15 is 0 Å². The van der Waals surface area contributed by atoms with Crippen LogP contribution >= 0.6 is 11.6 Å². The molecule has 2 aromatic rings. The number of pyridine rings is 1. The Morgan fingerprint density at radius 1 is 1.29 bits per heavy atom. The zero-order valence-corrected chi connectivity index (χ0v) is 15.9. The van der Waals surface area contributed by atoms with E-state index in [9.17, 15) is 18.7 Å². The van der Waals surface area contributed by atoms with Gasteiger partial charge < -0.3 is 15.2 Å². The van der Waals surface area contributed by atoms with Crippen LogP contribution in [-0.2, 0) is 0 Å². The van der Waals surface area contributed by atoms with E-state index in [1.165, 1.54) is 18.3 Å². The molecule has 0 saturated heterocycles. The molecule has 2 aliphatic carbocycles. The van der Waals surface area contributed by atoms with Crippen LogP contribution in [0.4, 0.5) is 8.78 Å². The first-order valence-electron chi connectivity index (χ1n) is 9.41. The highest BCUT2D eigenvalue weighted by molar-refractivity contribution is 6.32. The van der Waals surface area contributed by atoms with Gasteiger partial charge in [-0.25, -0.2) is 0 Å². The highest BCUT2D eigenvalue weighted by Gasteiger charge is 2.48. The van der Waals surface area contributed by atoms with Gasteiger partial charge in [-0.05, 0) is 56.6 Å². The van der Waals surface area contributed by atoms with Crippen molar-refractivity contribution in [3.8, 4) is 5.75 Å². The number of halogens is 3. The number of alkyl halides is 2. The summed E-state index contributed by atoms with van der Waals surface area (Å²) in [5.41, 5.74) is 0.340. The minimum atomic E-state index is -2.98. The minimum Gasteiger partial charge on any atom is -0.433 e. The van der Waals surface area contributed by atoms with Gasteiger partial charge in [0.05, 0.1) is 21.7 Å². The number of carbonyl (C=O) groups excluding carboxylic acids is 1. The number of fused-ring (bicyclic) bond motifs is 1. The Kier molecular flexibility index (Phi) is 5.14.